The van der Waals surface area contributed by atoms with Crippen LogP contribution < -0.4 is 10.1 Å². The molecule has 0 aliphatic rings. The lowest BCUT2D eigenvalue weighted by Crippen LogP contribution is -2.08. The van der Waals surface area contributed by atoms with Crippen LogP contribution in [0.2, 0.25) is 0 Å². The monoisotopic (exact) mass is 195 g/mol. The van der Waals surface area contributed by atoms with Crippen molar-refractivity contribution in [1.82, 2.24) is 5.32 Å². The summed E-state index contributed by atoms with van der Waals surface area (Å²) in [5, 5.41) is 12.5. The van der Waals surface area contributed by atoms with E-state index in [0.29, 0.717) is 12.3 Å². The van der Waals surface area contributed by atoms with Crippen LogP contribution in [-0.2, 0) is 6.54 Å². The van der Waals surface area contributed by atoms with Crippen LogP contribution >= 0.6 is 0 Å². The Balaban J connectivity index is 2.83. The quantitative estimate of drug-likeness (QED) is 0.771. The summed E-state index contributed by atoms with van der Waals surface area (Å²) in [6, 6.07) is 5.28. The van der Waals surface area contributed by atoms with Gasteiger partial charge in [-0.2, -0.15) is 0 Å². The molecule has 0 saturated carbocycles. The largest absolute Gasteiger partial charge is 0.508 e. The Labute approximate surface area is 84.7 Å². The Hall–Kier alpha value is -1.22. The van der Waals surface area contributed by atoms with E-state index in [9.17, 15) is 5.11 Å². The molecule has 3 heteroatoms. The van der Waals surface area contributed by atoms with E-state index in [-0.39, 0.29) is 6.10 Å². The van der Waals surface area contributed by atoms with Crippen LogP contribution in [-0.4, -0.2) is 18.3 Å². The standard InChI is InChI=1S/C11H17NO2/c1-8(2)14-10-4-5-11(13)9(6-10)7-12-3/h4-6,8,12-13H,7H2,1-3H3. The third kappa shape index (κ3) is 2.92. The fraction of sp³-hybridized carbons (Fsp3) is 0.455. The fourth-order valence-corrected chi connectivity index (χ4v) is 1.24. The lowest BCUT2D eigenvalue weighted by Gasteiger charge is -2.11. The van der Waals surface area contributed by atoms with E-state index in [1.807, 2.05) is 27.0 Å². The van der Waals surface area contributed by atoms with E-state index >= 15 is 0 Å². The molecule has 0 bridgehead atoms. The first kappa shape index (κ1) is 10.9. The van der Waals surface area contributed by atoms with E-state index in [4.69, 9.17) is 4.74 Å². The SMILES string of the molecule is CNCc1cc(OC(C)C)ccc1O. The number of rotatable bonds is 4. The molecule has 0 heterocycles. The number of hydrogen-bond donors (Lipinski definition) is 2. The maximum Gasteiger partial charge on any atom is 0.120 e. The summed E-state index contributed by atoms with van der Waals surface area (Å²) >= 11 is 0. The highest BCUT2D eigenvalue weighted by Crippen LogP contribution is 2.23. The molecule has 0 atom stereocenters. The Kier molecular flexibility index (Phi) is 3.77. The Bertz CT molecular complexity index is 297. The number of aromatic hydroxyl groups is 1. The molecule has 0 fully saturated rings. The van der Waals surface area contributed by atoms with Crippen LogP contribution in [0, 0.1) is 0 Å². The van der Waals surface area contributed by atoms with Crippen LogP contribution in [0.15, 0.2) is 18.2 Å². The van der Waals surface area contributed by atoms with Gasteiger partial charge in [0, 0.05) is 12.1 Å². The molecule has 0 amide bonds. The van der Waals surface area contributed by atoms with Gasteiger partial charge in [-0.3, -0.25) is 0 Å². The van der Waals surface area contributed by atoms with Gasteiger partial charge in [0.15, 0.2) is 0 Å². The minimum Gasteiger partial charge on any atom is -0.508 e. The fourth-order valence-electron chi connectivity index (χ4n) is 1.24. The summed E-state index contributed by atoms with van der Waals surface area (Å²) in [4.78, 5) is 0. The highest BCUT2D eigenvalue weighted by molar-refractivity contribution is 5.39. The average Bonchev–Trinajstić information content (AvgIpc) is 2.10. The first-order valence-corrected chi connectivity index (χ1v) is 4.76. The highest BCUT2D eigenvalue weighted by atomic mass is 16.5. The van der Waals surface area contributed by atoms with Crippen molar-refractivity contribution < 1.29 is 9.84 Å². The van der Waals surface area contributed by atoms with E-state index in [2.05, 4.69) is 5.32 Å². The van der Waals surface area contributed by atoms with Gasteiger partial charge >= 0.3 is 0 Å². The third-order valence-electron chi connectivity index (χ3n) is 1.79. The number of nitrogens with one attached hydrogen (secondary N) is 1. The highest BCUT2D eigenvalue weighted by Gasteiger charge is 2.03. The predicted octanol–water partition coefficient (Wildman–Crippen LogP) is 1.90. The molecule has 1 aromatic rings. The predicted molar refractivity (Wildman–Crippen MR) is 56.6 cm³/mol. The molecule has 0 aromatic heterocycles. The van der Waals surface area contributed by atoms with E-state index in [0.717, 1.165) is 11.3 Å². The minimum absolute atomic E-state index is 0.155. The second-order valence-corrected chi connectivity index (χ2v) is 3.49. The number of phenolic OH excluding ortho intramolecular Hbond substituents is 1. The minimum atomic E-state index is 0.155. The van der Waals surface area contributed by atoms with Crippen molar-refractivity contribution in [3.8, 4) is 11.5 Å². The molecule has 3 nitrogen and oxygen atoms in total. The Morgan fingerprint density at radius 3 is 2.71 bits per heavy atom. The van der Waals surface area contributed by atoms with Gasteiger partial charge in [-0.15, -0.1) is 0 Å². The first-order chi connectivity index (χ1) is 6.63. The van der Waals surface area contributed by atoms with E-state index < -0.39 is 0 Å². The molecule has 78 valence electrons. The molecule has 0 radical (unpaired) electrons. The first-order valence-electron chi connectivity index (χ1n) is 4.76. The summed E-state index contributed by atoms with van der Waals surface area (Å²) in [6.07, 6.45) is 0.155. The van der Waals surface area contributed by atoms with Gasteiger partial charge in [0.05, 0.1) is 6.10 Å². The summed E-state index contributed by atoms with van der Waals surface area (Å²) in [5.74, 6) is 1.10. The second-order valence-electron chi connectivity index (χ2n) is 3.49. The Morgan fingerprint density at radius 2 is 2.14 bits per heavy atom. The average molecular weight is 195 g/mol. The van der Waals surface area contributed by atoms with Gasteiger partial charge < -0.3 is 15.2 Å². The maximum absolute atomic E-state index is 9.50. The number of hydrogen-bond acceptors (Lipinski definition) is 3. The normalized spacial score (nSPS) is 10.6. The molecule has 2 N–H and O–H groups in total. The molecule has 0 aliphatic carbocycles. The number of benzene rings is 1. The van der Waals surface area contributed by atoms with Gasteiger partial charge in [0.25, 0.3) is 0 Å². The summed E-state index contributed by atoms with van der Waals surface area (Å²) in [6.45, 7) is 4.59. The molecular weight excluding hydrogens is 178 g/mol. The Morgan fingerprint density at radius 1 is 1.43 bits per heavy atom. The van der Waals surface area contributed by atoms with Crippen LogP contribution in [0.4, 0.5) is 0 Å². The van der Waals surface area contributed by atoms with Crippen molar-refractivity contribution >= 4 is 0 Å². The van der Waals surface area contributed by atoms with Crippen molar-refractivity contribution in [2.24, 2.45) is 0 Å². The van der Waals surface area contributed by atoms with Crippen LogP contribution in [0.25, 0.3) is 0 Å². The maximum atomic E-state index is 9.50. The van der Waals surface area contributed by atoms with Crippen molar-refractivity contribution in [2.45, 2.75) is 26.5 Å². The summed E-state index contributed by atoms with van der Waals surface area (Å²) in [5.41, 5.74) is 0.852. The van der Waals surface area contributed by atoms with Crippen molar-refractivity contribution in [2.75, 3.05) is 7.05 Å². The number of ether oxygens (including phenoxy) is 1. The van der Waals surface area contributed by atoms with Crippen molar-refractivity contribution in [1.29, 1.82) is 0 Å². The molecule has 0 saturated heterocycles. The second kappa shape index (κ2) is 4.86. The van der Waals surface area contributed by atoms with Gasteiger partial charge in [-0.05, 0) is 39.1 Å². The molecule has 0 aliphatic heterocycles. The van der Waals surface area contributed by atoms with E-state index in [1.54, 1.807) is 12.1 Å². The van der Waals surface area contributed by atoms with Crippen LogP contribution in [0.1, 0.15) is 19.4 Å². The topological polar surface area (TPSA) is 41.5 Å². The zero-order chi connectivity index (χ0) is 10.6. The summed E-state index contributed by atoms with van der Waals surface area (Å²) < 4.78 is 5.52. The summed E-state index contributed by atoms with van der Waals surface area (Å²) in [7, 11) is 1.84. The molecule has 0 spiro atoms. The van der Waals surface area contributed by atoms with Gasteiger partial charge in [-0.1, -0.05) is 0 Å². The lowest BCUT2D eigenvalue weighted by atomic mass is 10.2. The third-order valence-corrected chi connectivity index (χ3v) is 1.79. The molecule has 0 unspecified atom stereocenters. The van der Waals surface area contributed by atoms with Crippen molar-refractivity contribution in [3.05, 3.63) is 23.8 Å². The van der Waals surface area contributed by atoms with E-state index in [1.165, 1.54) is 0 Å². The molecule has 1 rings (SSSR count). The smallest absolute Gasteiger partial charge is 0.120 e. The van der Waals surface area contributed by atoms with Gasteiger partial charge in [-0.25, -0.2) is 0 Å². The van der Waals surface area contributed by atoms with Crippen LogP contribution in [0.3, 0.4) is 0 Å². The van der Waals surface area contributed by atoms with Crippen molar-refractivity contribution in [3.63, 3.8) is 0 Å². The van der Waals surface area contributed by atoms with Crippen LogP contribution in [0.5, 0.6) is 11.5 Å². The van der Waals surface area contributed by atoms with Gasteiger partial charge in [0.2, 0.25) is 0 Å². The molecule has 14 heavy (non-hydrogen) atoms. The number of phenols is 1. The zero-order valence-corrected chi connectivity index (χ0v) is 8.87. The molecule has 1 aromatic carbocycles. The lowest BCUT2D eigenvalue weighted by molar-refractivity contribution is 0.242. The molecular formula is C11H17NO2. The zero-order valence-electron chi connectivity index (χ0n) is 8.87. The van der Waals surface area contributed by atoms with Gasteiger partial charge in [0.1, 0.15) is 11.5 Å².